The molecule has 0 aromatic heterocycles. The molecule has 0 bridgehead atoms. The molecule has 0 saturated carbocycles. The summed E-state index contributed by atoms with van der Waals surface area (Å²) in [5, 5.41) is 11.6. The summed E-state index contributed by atoms with van der Waals surface area (Å²) in [4.78, 5) is 0. The largest absolute Gasteiger partial charge is 0.488 e. The number of halogens is 2. The van der Waals surface area contributed by atoms with Crippen LogP contribution in [0.4, 0.5) is 0 Å². The van der Waals surface area contributed by atoms with Crippen LogP contribution >= 0.6 is 23.2 Å². The molecule has 3 rings (SSSR count). The van der Waals surface area contributed by atoms with Crippen molar-refractivity contribution in [2.45, 2.75) is 12.7 Å². The Kier molecular flexibility index (Phi) is 2.94. The molecule has 0 aliphatic carbocycles. The van der Waals surface area contributed by atoms with Crippen LogP contribution in [0, 0.1) is 0 Å². The van der Waals surface area contributed by atoms with Crippen LogP contribution in [0.25, 0.3) is 0 Å². The van der Waals surface area contributed by atoms with Crippen LogP contribution in [0.1, 0.15) is 22.8 Å². The molecule has 0 radical (unpaired) electrons. The lowest BCUT2D eigenvalue weighted by atomic mass is 9.98. The second kappa shape index (κ2) is 4.47. The molecule has 4 heteroatoms. The summed E-state index contributed by atoms with van der Waals surface area (Å²) < 4.78 is 5.68. The fraction of sp³-hybridized carbons (Fsp3) is 0.143. The molecule has 92 valence electrons. The molecule has 1 atom stereocenters. The van der Waals surface area contributed by atoms with Crippen LogP contribution in [0.15, 0.2) is 36.4 Å². The number of aliphatic hydroxyl groups excluding tert-OH is 1. The number of benzene rings is 2. The topological polar surface area (TPSA) is 29.5 Å². The molecular formula is C14H10Cl2O2. The second-order valence-corrected chi connectivity index (χ2v) is 5.09. The van der Waals surface area contributed by atoms with Crippen molar-refractivity contribution in [2.75, 3.05) is 0 Å². The molecule has 1 heterocycles. The smallest absolute Gasteiger partial charge is 0.126 e. The van der Waals surface area contributed by atoms with Gasteiger partial charge >= 0.3 is 0 Å². The molecule has 1 unspecified atom stereocenters. The maximum absolute atomic E-state index is 10.4. The minimum absolute atomic E-state index is 0.415. The lowest BCUT2D eigenvalue weighted by Gasteiger charge is -2.13. The molecule has 0 spiro atoms. The lowest BCUT2D eigenvalue weighted by molar-refractivity contribution is 0.218. The van der Waals surface area contributed by atoms with Gasteiger partial charge in [0.2, 0.25) is 0 Å². The zero-order valence-corrected chi connectivity index (χ0v) is 10.9. The van der Waals surface area contributed by atoms with E-state index in [0.29, 0.717) is 28.0 Å². The Labute approximate surface area is 115 Å². The highest BCUT2D eigenvalue weighted by molar-refractivity contribution is 6.31. The Bertz CT molecular complexity index is 557. The van der Waals surface area contributed by atoms with E-state index < -0.39 is 6.10 Å². The minimum Gasteiger partial charge on any atom is -0.488 e. The van der Waals surface area contributed by atoms with Crippen molar-refractivity contribution >= 4 is 23.2 Å². The first-order valence-corrected chi connectivity index (χ1v) is 6.29. The van der Waals surface area contributed by atoms with Gasteiger partial charge in [-0.25, -0.2) is 0 Å². The molecular weight excluding hydrogens is 271 g/mol. The summed E-state index contributed by atoms with van der Waals surface area (Å²) in [7, 11) is 0. The van der Waals surface area contributed by atoms with Crippen LogP contribution in [0.5, 0.6) is 5.75 Å². The predicted molar refractivity (Wildman–Crippen MR) is 71.3 cm³/mol. The summed E-state index contributed by atoms with van der Waals surface area (Å²) in [6.45, 7) is 0.415. The average Bonchev–Trinajstić information content (AvgIpc) is 2.49. The summed E-state index contributed by atoms with van der Waals surface area (Å²) in [5.41, 5.74) is 2.37. The highest BCUT2D eigenvalue weighted by Crippen LogP contribution is 2.37. The number of fused-ring (bicyclic) bond motifs is 2. The number of hydrogen-bond acceptors (Lipinski definition) is 2. The van der Waals surface area contributed by atoms with E-state index in [1.165, 1.54) is 0 Å². The van der Waals surface area contributed by atoms with Gasteiger partial charge in [-0.05, 0) is 41.5 Å². The molecule has 2 aromatic carbocycles. The fourth-order valence-electron chi connectivity index (χ4n) is 2.14. The Morgan fingerprint density at radius 2 is 1.67 bits per heavy atom. The SMILES string of the molecule is OC1c2cc(Cl)ccc2COc2ccc(Cl)cc21. The zero-order chi connectivity index (χ0) is 12.7. The van der Waals surface area contributed by atoms with Gasteiger partial charge in [0, 0.05) is 15.6 Å². The van der Waals surface area contributed by atoms with Gasteiger partial charge in [-0.3, -0.25) is 0 Å². The summed E-state index contributed by atoms with van der Waals surface area (Å²) in [6.07, 6.45) is -0.769. The number of rotatable bonds is 0. The van der Waals surface area contributed by atoms with Crippen LogP contribution < -0.4 is 4.74 Å². The molecule has 2 nitrogen and oxygen atoms in total. The molecule has 1 aliphatic heterocycles. The third kappa shape index (κ3) is 1.97. The first-order chi connectivity index (χ1) is 8.65. The van der Waals surface area contributed by atoms with Crippen molar-refractivity contribution < 1.29 is 9.84 Å². The van der Waals surface area contributed by atoms with Gasteiger partial charge in [0.1, 0.15) is 18.5 Å². The summed E-state index contributed by atoms with van der Waals surface area (Å²) >= 11 is 11.9. The second-order valence-electron chi connectivity index (χ2n) is 4.22. The number of ether oxygens (including phenoxy) is 1. The van der Waals surface area contributed by atoms with Crippen molar-refractivity contribution in [2.24, 2.45) is 0 Å². The van der Waals surface area contributed by atoms with Crippen LogP contribution in [-0.4, -0.2) is 5.11 Å². The van der Waals surface area contributed by atoms with Gasteiger partial charge in [0.25, 0.3) is 0 Å². The molecule has 2 aromatic rings. The maximum atomic E-state index is 10.4. The van der Waals surface area contributed by atoms with E-state index >= 15 is 0 Å². The monoisotopic (exact) mass is 280 g/mol. The average molecular weight is 281 g/mol. The van der Waals surface area contributed by atoms with E-state index in [1.54, 1.807) is 30.3 Å². The number of hydrogen-bond donors (Lipinski definition) is 1. The highest BCUT2D eigenvalue weighted by Gasteiger charge is 2.23. The van der Waals surface area contributed by atoms with E-state index in [-0.39, 0.29) is 0 Å². The van der Waals surface area contributed by atoms with Gasteiger partial charge in [-0.1, -0.05) is 29.3 Å². The normalized spacial score (nSPS) is 17.4. The minimum atomic E-state index is -0.769. The van der Waals surface area contributed by atoms with Gasteiger partial charge in [-0.15, -0.1) is 0 Å². The van der Waals surface area contributed by atoms with E-state index in [9.17, 15) is 5.11 Å². The van der Waals surface area contributed by atoms with E-state index in [2.05, 4.69) is 0 Å². The third-order valence-electron chi connectivity index (χ3n) is 3.05. The van der Waals surface area contributed by atoms with E-state index in [4.69, 9.17) is 27.9 Å². The predicted octanol–water partition coefficient (Wildman–Crippen LogP) is 3.97. The van der Waals surface area contributed by atoms with Gasteiger partial charge in [-0.2, -0.15) is 0 Å². The molecule has 1 N–H and O–H groups in total. The van der Waals surface area contributed by atoms with Crippen LogP contribution in [0.3, 0.4) is 0 Å². The first kappa shape index (κ1) is 11.8. The van der Waals surface area contributed by atoms with Crippen molar-refractivity contribution in [1.29, 1.82) is 0 Å². The van der Waals surface area contributed by atoms with E-state index in [1.807, 2.05) is 6.07 Å². The molecule has 0 saturated heterocycles. The fourth-order valence-corrected chi connectivity index (χ4v) is 2.50. The quantitative estimate of drug-likeness (QED) is 0.791. The maximum Gasteiger partial charge on any atom is 0.126 e. The Morgan fingerprint density at radius 3 is 2.44 bits per heavy atom. The number of aliphatic hydroxyl groups is 1. The van der Waals surface area contributed by atoms with E-state index in [0.717, 1.165) is 11.1 Å². The van der Waals surface area contributed by atoms with Crippen molar-refractivity contribution in [3.8, 4) is 5.75 Å². The van der Waals surface area contributed by atoms with Gasteiger partial charge < -0.3 is 9.84 Å². The molecule has 1 aliphatic rings. The summed E-state index contributed by atoms with van der Waals surface area (Å²) in [5.74, 6) is 0.652. The summed E-state index contributed by atoms with van der Waals surface area (Å²) in [6, 6.07) is 10.7. The Balaban J connectivity index is 2.18. The van der Waals surface area contributed by atoms with Crippen LogP contribution in [0.2, 0.25) is 10.0 Å². The van der Waals surface area contributed by atoms with Crippen molar-refractivity contribution in [3.63, 3.8) is 0 Å². The van der Waals surface area contributed by atoms with Crippen LogP contribution in [-0.2, 0) is 6.61 Å². The lowest BCUT2D eigenvalue weighted by Crippen LogP contribution is -2.01. The van der Waals surface area contributed by atoms with Gasteiger partial charge in [0.15, 0.2) is 0 Å². The Hall–Kier alpha value is -1.22. The third-order valence-corrected chi connectivity index (χ3v) is 3.52. The van der Waals surface area contributed by atoms with Crippen molar-refractivity contribution in [3.05, 3.63) is 63.1 Å². The molecule has 0 amide bonds. The standard InChI is InChI=1S/C14H10Cl2O2/c15-9-2-1-8-7-18-13-4-3-10(16)6-12(13)14(17)11(8)5-9/h1-6,14,17H,7H2. The molecule has 0 fully saturated rings. The van der Waals surface area contributed by atoms with Gasteiger partial charge in [0.05, 0.1) is 0 Å². The highest BCUT2D eigenvalue weighted by atomic mass is 35.5. The zero-order valence-electron chi connectivity index (χ0n) is 9.36. The molecule has 18 heavy (non-hydrogen) atoms. The Morgan fingerprint density at radius 1 is 1.00 bits per heavy atom. The first-order valence-electron chi connectivity index (χ1n) is 5.54. The van der Waals surface area contributed by atoms with Crippen molar-refractivity contribution in [1.82, 2.24) is 0 Å².